The zero-order valence-electron chi connectivity index (χ0n) is 9.14. The molecule has 1 aromatic carbocycles. The van der Waals surface area contributed by atoms with Gasteiger partial charge < -0.3 is 19.9 Å². The van der Waals surface area contributed by atoms with Crippen molar-refractivity contribution in [3.05, 3.63) is 34.3 Å². The van der Waals surface area contributed by atoms with Crippen molar-refractivity contribution >= 4 is 11.1 Å². The summed E-state index contributed by atoms with van der Waals surface area (Å²) in [4.78, 5) is 13.5. The van der Waals surface area contributed by atoms with Gasteiger partial charge in [-0.15, -0.1) is 0 Å². The maximum Gasteiger partial charge on any atom is 0.417 e. The molecule has 0 amide bonds. The molecular formula is C11H14N2O4. The van der Waals surface area contributed by atoms with Crippen LogP contribution in [0.3, 0.4) is 0 Å². The van der Waals surface area contributed by atoms with Gasteiger partial charge in [0, 0.05) is 6.54 Å². The number of aliphatic hydroxyl groups is 2. The number of fused-ring (bicyclic) bond motifs is 1. The summed E-state index contributed by atoms with van der Waals surface area (Å²) in [5.41, 5.74) is 2.06. The molecule has 0 atom stereocenters. The molecule has 2 rings (SSSR count). The van der Waals surface area contributed by atoms with Gasteiger partial charge in [-0.25, -0.2) is 4.79 Å². The number of oxazole rings is 1. The predicted octanol–water partition coefficient (Wildman–Crippen LogP) is -0.436. The van der Waals surface area contributed by atoms with Crippen molar-refractivity contribution in [2.45, 2.75) is 12.6 Å². The van der Waals surface area contributed by atoms with E-state index in [0.717, 1.165) is 5.56 Å². The van der Waals surface area contributed by atoms with Crippen LogP contribution in [0, 0.1) is 0 Å². The Kier molecular flexibility index (Phi) is 3.58. The lowest BCUT2D eigenvalue weighted by Crippen LogP contribution is -2.35. The zero-order valence-corrected chi connectivity index (χ0v) is 9.14. The van der Waals surface area contributed by atoms with Gasteiger partial charge in [0.25, 0.3) is 0 Å². The van der Waals surface area contributed by atoms with Crippen LogP contribution in [0.15, 0.2) is 27.4 Å². The highest BCUT2D eigenvalue weighted by Gasteiger charge is 2.06. The molecule has 6 heteroatoms. The van der Waals surface area contributed by atoms with E-state index in [1.807, 2.05) is 6.07 Å². The van der Waals surface area contributed by atoms with Gasteiger partial charge in [0.2, 0.25) is 0 Å². The summed E-state index contributed by atoms with van der Waals surface area (Å²) in [5.74, 6) is -0.478. The van der Waals surface area contributed by atoms with E-state index in [0.29, 0.717) is 17.6 Å². The Labute approximate surface area is 96.9 Å². The van der Waals surface area contributed by atoms with Gasteiger partial charge in [-0.2, -0.15) is 0 Å². The number of benzene rings is 1. The molecule has 4 N–H and O–H groups in total. The third kappa shape index (κ3) is 2.73. The van der Waals surface area contributed by atoms with E-state index in [4.69, 9.17) is 14.6 Å². The Hall–Kier alpha value is -1.63. The van der Waals surface area contributed by atoms with E-state index in [2.05, 4.69) is 10.3 Å². The predicted molar refractivity (Wildman–Crippen MR) is 61.6 cm³/mol. The molecule has 17 heavy (non-hydrogen) atoms. The number of H-pyrrole nitrogens is 1. The maximum atomic E-state index is 11.0. The molecule has 0 bridgehead atoms. The first kappa shape index (κ1) is 11.8. The minimum Gasteiger partial charge on any atom is -0.408 e. The smallest absolute Gasteiger partial charge is 0.408 e. The molecule has 1 heterocycles. The molecule has 0 unspecified atom stereocenters. The molecule has 0 saturated heterocycles. The molecule has 0 aliphatic heterocycles. The van der Waals surface area contributed by atoms with Gasteiger partial charge in [0.05, 0.1) is 24.8 Å². The van der Waals surface area contributed by atoms with Gasteiger partial charge in [-0.3, -0.25) is 4.98 Å². The van der Waals surface area contributed by atoms with Crippen LogP contribution >= 0.6 is 0 Å². The number of nitrogens with one attached hydrogen (secondary N) is 2. The fourth-order valence-corrected chi connectivity index (χ4v) is 1.55. The lowest BCUT2D eigenvalue weighted by Gasteiger charge is -2.12. The normalized spacial score (nSPS) is 11.5. The highest BCUT2D eigenvalue weighted by Crippen LogP contribution is 2.12. The van der Waals surface area contributed by atoms with Crippen molar-refractivity contribution in [1.29, 1.82) is 0 Å². The number of aliphatic hydroxyl groups excluding tert-OH is 2. The monoisotopic (exact) mass is 238 g/mol. The standard InChI is InChI=1S/C11H14N2O4/c14-5-8(6-15)12-4-7-1-2-9-10(3-7)17-11(16)13-9/h1-3,8,12,14-15H,4-6H2,(H,13,16). The second kappa shape index (κ2) is 5.13. The Balaban J connectivity index is 2.11. The number of rotatable bonds is 5. The fraction of sp³-hybridized carbons (Fsp3) is 0.364. The Morgan fingerprint density at radius 2 is 2.12 bits per heavy atom. The van der Waals surface area contributed by atoms with Gasteiger partial charge in [0.15, 0.2) is 5.58 Å². The average molecular weight is 238 g/mol. The van der Waals surface area contributed by atoms with Crippen molar-refractivity contribution < 1.29 is 14.6 Å². The first-order chi connectivity index (χ1) is 8.22. The minimum absolute atomic E-state index is 0.127. The lowest BCUT2D eigenvalue weighted by atomic mass is 10.2. The molecule has 2 aromatic rings. The summed E-state index contributed by atoms with van der Waals surface area (Å²) in [6.07, 6.45) is 0. The van der Waals surface area contributed by atoms with Crippen LogP contribution in [-0.4, -0.2) is 34.5 Å². The molecule has 0 spiro atoms. The summed E-state index contributed by atoms with van der Waals surface area (Å²) >= 11 is 0. The van der Waals surface area contributed by atoms with E-state index in [-0.39, 0.29) is 19.3 Å². The van der Waals surface area contributed by atoms with Crippen LogP contribution in [0.1, 0.15) is 5.56 Å². The minimum atomic E-state index is -0.478. The van der Waals surface area contributed by atoms with E-state index in [1.54, 1.807) is 12.1 Å². The summed E-state index contributed by atoms with van der Waals surface area (Å²) in [5, 5.41) is 20.8. The third-order valence-corrected chi connectivity index (χ3v) is 2.52. The summed E-state index contributed by atoms with van der Waals surface area (Å²) in [6.45, 7) is 0.229. The van der Waals surface area contributed by atoms with Gasteiger partial charge in [-0.1, -0.05) is 6.07 Å². The first-order valence-corrected chi connectivity index (χ1v) is 5.30. The van der Waals surface area contributed by atoms with Crippen molar-refractivity contribution in [2.24, 2.45) is 0 Å². The third-order valence-electron chi connectivity index (χ3n) is 2.52. The van der Waals surface area contributed by atoms with Crippen LogP contribution in [0.5, 0.6) is 0 Å². The second-order valence-corrected chi connectivity index (χ2v) is 3.79. The molecule has 1 aromatic heterocycles. The topological polar surface area (TPSA) is 98.5 Å². The number of hydrogen-bond donors (Lipinski definition) is 4. The number of hydrogen-bond acceptors (Lipinski definition) is 5. The lowest BCUT2D eigenvalue weighted by molar-refractivity contribution is 0.170. The first-order valence-electron chi connectivity index (χ1n) is 5.30. The SMILES string of the molecule is O=c1[nH]c2ccc(CNC(CO)CO)cc2o1. The number of aromatic nitrogens is 1. The highest BCUT2D eigenvalue weighted by molar-refractivity contribution is 5.72. The largest absolute Gasteiger partial charge is 0.417 e. The summed E-state index contributed by atoms with van der Waals surface area (Å²) in [7, 11) is 0. The van der Waals surface area contributed by atoms with Crippen LogP contribution in [-0.2, 0) is 6.54 Å². The van der Waals surface area contributed by atoms with Crippen molar-refractivity contribution in [3.8, 4) is 0 Å². The van der Waals surface area contributed by atoms with Crippen molar-refractivity contribution in [1.82, 2.24) is 10.3 Å². The zero-order chi connectivity index (χ0) is 12.3. The summed E-state index contributed by atoms with van der Waals surface area (Å²) < 4.78 is 4.93. The van der Waals surface area contributed by atoms with Gasteiger partial charge >= 0.3 is 5.76 Å². The average Bonchev–Trinajstić information content (AvgIpc) is 2.69. The molecule has 0 radical (unpaired) electrons. The Morgan fingerprint density at radius 3 is 2.82 bits per heavy atom. The van der Waals surface area contributed by atoms with Crippen molar-refractivity contribution in [3.63, 3.8) is 0 Å². The van der Waals surface area contributed by atoms with Crippen LogP contribution in [0.25, 0.3) is 11.1 Å². The van der Waals surface area contributed by atoms with Gasteiger partial charge in [0.1, 0.15) is 0 Å². The highest BCUT2D eigenvalue weighted by atomic mass is 16.4. The van der Waals surface area contributed by atoms with E-state index >= 15 is 0 Å². The van der Waals surface area contributed by atoms with E-state index in [1.165, 1.54) is 0 Å². The molecular weight excluding hydrogens is 224 g/mol. The Morgan fingerprint density at radius 1 is 1.35 bits per heavy atom. The van der Waals surface area contributed by atoms with Gasteiger partial charge in [-0.05, 0) is 17.7 Å². The molecule has 0 aliphatic rings. The Bertz CT molecular complexity index is 542. The maximum absolute atomic E-state index is 11.0. The molecule has 6 nitrogen and oxygen atoms in total. The van der Waals surface area contributed by atoms with Crippen LogP contribution < -0.4 is 11.1 Å². The van der Waals surface area contributed by atoms with Crippen molar-refractivity contribution in [2.75, 3.05) is 13.2 Å². The fourth-order valence-electron chi connectivity index (χ4n) is 1.55. The van der Waals surface area contributed by atoms with Crippen LogP contribution in [0.4, 0.5) is 0 Å². The number of aromatic amines is 1. The molecule has 0 aliphatic carbocycles. The van der Waals surface area contributed by atoms with E-state index < -0.39 is 5.76 Å². The quantitative estimate of drug-likeness (QED) is 0.566. The molecule has 0 fully saturated rings. The molecule has 0 saturated carbocycles. The summed E-state index contributed by atoms with van der Waals surface area (Å²) in [6, 6.07) is 4.99. The van der Waals surface area contributed by atoms with Crippen LogP contribution in [0.2, 0.25) is 0 Å². The van der Waals surface area contributed by atoms with E-state index in [9.17, 15) is 4.79 Å². The molecule has 92 valence electrons. The second-order valence-electron chi connectivity index (χ2n) is 3.79.